The van der Waals surface area contributed by atoms with Crippen molar-refractivity contribution in [3.63, 3.8) is 0 Å². The molecule has 0 aliphatic carbocycles. The van der Waals surface area contributed by atoms with Crippen LogP contribution in [0.25, 0.3) is 0 Å². The SMILES string of the molecule is FC(F)(F)COCCOc1ccc(CCl)cc1. The van der Waals surface area contributed by atoms with Crippen LogP contribution in [0.2, 0.25) is 0 Å². The number of ether oxygens (including phenoxy) is 2. The van der Waals surface area contributed by atoms with E-state index in [1.165, 1.54) is 0 Å². The van der Waals surface area contributed by atoms with E-state index >= 15 is 0 Å². The van der Waals surface area contributed by atoms with Crippen molar-refractivity contribution in [2.24, 2.45) is 0 Å². The summed E-state index contributed by atoms with van der Waals surface area (Å²) < 4.78 is 44.7. The smallest absolute Gasteiger partial charge is 0.411 e. The lowest BCUT2D eigenvalue weighted by Crippen LogP contribution is -2.19. The first-order valence-electron chi connectivity index (χ1n) is 4.93. The Morgan fingerprint density at radius 3 is 2.24 bits per heavy atom. The van der Waals surface area contributed by atoms with E-state index in [4.69, 9.17) is 16.3 Å². The molecule has 2 nitrogen and oxygen atoms in total. The first-order valence-corrected chi connectivity index (χ1v) is 5.47. The van der Waals surface area contributed by atoms with Crippen molar-refractivity contribution in [1.29, 1.82) is 0 Å². The molecular weight excluding hydrogens is 257 g/mol. The molecule has 0 fully saturated rings. The first kappa shape index (κ1) is 14.1. The number of hydrogen-bond donors (Lipinski definition) is 0. The van der Waals surface area contributed by atoms with E-state index in [9.17, 15) is 13.2 Å². The standard InChI is InChI=1S/C11H12ClF3O2/c12-7-9-1-3-10(4-2-9)17-6-5-16-8-11(13,14)15/h1-4H,5-8H2. The minimum absolute atomic E-state index is 0.0797. The van der Waals surface area contributed by atoms with E-state index < -0.39 is 12.8 Å². The van der Waals surface area contributed by atoms with Gasteiger partial charge in [-0.25, -0.2) is 0 Å². The van der Waals surface area contributed by atoms with Gasteiger partial charge in [-0.05, 0) is 17.7 Å². The van der Waals surface area contributed by atoms with Crippen LogP contribution in [-0.4, -0.2) is 26.0 Å². The zero-order valence-corrected chi connectivity index (χ0v) is 9.72. The van der Waals surface area contributed by atoms with Crippen LogP contribution in [-0.2, 0) is 10.6 Å². The van der Waals surface area contributed by atoms with Crippen LogP contribution in [0.15, 0.2) is 24.3 Å². The van der Waals surface area contributed by atoms with E-state index in [1.807, 2.05) is 0 Å². The van der Waals surface area contributed by atoms with Gasteiger partial charge < -0.3 is 9.47 Å². The molecule has 0 aromatic heterocycles. The van der Waals surface area contributed by atoms with Crippen molar-refractivity contribution in [3.05, 3.63) is 29.8 Å². The van der Waals surface area contributed by atoms with Crippen LogP contribution in [0.4, 0.5) is 13.2 Å². The summed E-state index contributed by atoms with van der Waals surface area (Å²) in [6, 6.07) is 7.00. The third kappa shape index (κ3) is 6.38. The summed E-state index contributed by atoms with van der Waals surface area (Å²) in [7, 11) is 0. The fourth-order valence-electron chi connectivity index (χ4n) is 1.08. The summed E-state index contributed by atoms with van der Waals surface area (Å²) in [4.78, 5) is 0. The molecule has 6 heteroatoms. The van der Waals surface area contributed by atoms with E-state index in [-0.39, 0.29) is 13.2 Å². The van der Waals surface area contributed by atoms with Gasteiger partial charge in [-0.2, -0.15) is 13.2 Å². The monoisotopic (exact) mass is 268 g/mol. The van der Waals surface area contributed by atoms with Crippen LogP contribution in [0, 0.1) is 0 Å². The molecule has 0 amide bonds. The summed E-state index contributed by atoms with van der Waals surface area (Å²) in [6.07, 6.45) is -4.29. The van der Waals surface area contributed by atoms with Gasteiger partial charge in [-0.3, -0.25) is 0 Å². The molecule has 0 bridgehead atoms. The summed E-state index contributed by atoms with van der Waals surface area (Å²) in [5.74, 6) is 0.990. The molecule has 1 aromatic rings. The minimum Gasteiger partial charge on any atom is -0.491 e. The van der Waals surface area contributed by atoms with E-state index in [0.717, 1.165) is 5.56 Å². The molecule has 0 aliphatic heterocycles. The average Bonchev–Trinajstić information content (AvgIpc) is 2.28. The second-order valence-electron chi connectivity index (χ2n) is 3.29. The maximum Gasteiger partial charge on any atom is 0.411 e. The Morgan fingerprint density at radius 2 is 1.71 bits per heavy atom. The van der Waals surface area contributed by atoms with Crippen molar-refractivity contribution >= 4 is 11.6 Å². The number of rotatable bonds is 6. The number of halogens is 4. The van der Waals surface area contributed by atoms with Gasteiger partial charge in [0.1, 0.15) is 19.0 Å². The number of benzene rings is 1. The molecule has 0 atom stereocenters. The molecule has 0 unspecified atom stereocenters. The Bertz CT molecular complexity index is 324. The molecule has 0 saturated heterocycles. The lowest BCUT2D eigenvalue weighted by atomic mass is 10.2. The largest absolute Gasteiger partial charge is 0.491 e. The van der Waals surface area contributed by atoms with Gasteiger partial charge in [0.2, 0.25) is 0 Å². The van der Waals surface area contributed by atoms with Crippen LogP contribution in [0.5, 0.6) is 5.75 Å². The number of alkyl halides is 4. The lowest BCUT2D eigenvalue weighted by Gasteiger charge is -2.09. The molecule has 0 aliphatic rings. The van der Waals surface area contributed by atoms with Crippen LogP contribution in [0.3, 0.4) is 0 Å². The summed E-state index contributed by atoms with van der Waals surface area (Å²) in [5.41, 5.74) is 0.951. The summed E-state index contributed by atoms with van der Waals surface area (Å²) >= 11 is 5.60. The normalized spacial score (nSPS) is 11.5. The Labute approximate surface area is 102 Å². The highest BCUT2D eigenvalue weighted by Gasteiger charge is 2.27. The fourth-order valence-corrected chi connectivity index (χ4v) is 1.26. The van der Waals surface area contributed by atoms with Gasteiger partial charge >= 0.3 is 6.18 Å². The van der Waals surface area contributed by atoms with Crippen molar-refractivity contribution in [1.82, 2.24) is 0 Å². The maximum absolute atomic E-state index is 11.7. The van der Waals surface area contributed by atoms with Gasteiger partial charge in [0.05, 0.1) is 6.61 Å². The topological polar surface area (TPSA) is 18.5 Å². The third-order valence-corrected chi connectivity index (χ3v) is 2.15. The van der Waals surface area contributed by atoms with Gasteiger partial charge in [0, 0.05) is 5.88 Å². The van der Waals surface area contributed by atoms with Crippen LogP contribution >= 0.6 is 11.6 Å². The average molecular weight is 269 g/mol. The van der Waals surface area contributed by atoms with E-state index in [2.05, 4.69) is 4.74 Å². The second kappa shape index (κ2) is 6.71. The molecular formula is C11H12ClF3O2. The van der Waals surface area contributed by atoms with Gasteiger partial charge in [-0.15, -0.1) is 11.6 Å². The molecule has 0 saturated carbocycles. The second-order valence-corrected chi connectivity index (χ2v) is 3.56. The van der Waals surface area contributed by atoms with E-state index in [0.29, 0.717) is 11.6 Å². The van der Waals surface area contributed by atoms with E-state index in [1.54, 1.807) is 24.3 Å². The summed E-state index contributed by atoms with van der Waals surface area (Å²) in [6.45, 7) is -1.27. The van der Waals surface area contributed by atoms with Crippen molar-refractivity contribution < 1.29 is 22.6 Å². The van der Waals surface area contributed by atoms with Gasteiger partial charge in [0.25, 0.3) is 0 Å². The molecule has 1 rings (SSSR count). The quantitative estimate of drug-likeness (QED) is 0.582. The molecule has 17 heavy (non-hydrogen) atoms. The predicted molar refractivity (Wildman–Crippen MR) is 58.4 cm³/mol. The summed E-state index contributed by atoms with van der Waals surface area (Å²) in [5, 5.41) is 0. The Morgan fingerprint density at radius 1 is 1.06 bits per heavy atom. The number of hydrogen-bond acceptors (Lipinski definition) is 2. The highest BCUT2D eigenvalue weighted by molar-refractivity contribution is 6.17. The lowest BCUT2D eigenvalue weighted by molar-refractivity contribution is -0.175. The predicted octanol–water partition coefficient (Wildman–Crippen LogP) is 3.38. The Kier molecular flexibility index (Phi) is 5.58. The van der Waals surface area contributed by atoms with Crippen LogP contribution in [0.1, 0.15) is 5.56 Å². The zero-order chi connectivity index (χ0) is 12.7. The molecule has 1 aromatic carbocycles. The van der Waals surface area contributed by atoms with Crippen molar-refractivity contribution in [2.45, 2.75) is 12.1 Å². The fraction of sp³-hybridized carbons (Fsp3) is 0.455. The molecule has 0 spiro atoms. The maximum atomic E-state index is 11.7. The third-order valence-electron chi connectivity index (χ3n) is 1.84. The molecule has 96 valence electrons. The first-order chi connectivity index (χ1) is 8.01. The van der Waals surface area contributed by atoms with Crippen LogP contribution < -0.4 is 4.74 Å². The van der Waals surface area contributed by atoms with Gasteiger partial charge in [0.15, 0.2) is 0 Å². The highest BCUT2D eigenvalue weighted by Crippen LogP contribution is 2.15. The molecule has 0 radical (unpaired) electrons. The highest BCUT2D eigenvalue weighted by atomic mass is 35.5. The van der Waals surface area contributed by atoms with Crippen molar-refractivity contribution in [3.8, 4) is 5.75 Å². The zero-order valence-electron chi connectivity index (χ0n) is 8.97. The van der Waals surface area contributed by atoms with Gasteiger partial charge in [-0.1, -0.05) is 12.1 Å². The molecule has 0 heterocycles. The van der Waals surface area contributed by atoms with Crippen molar-refractivity contribution in [2.75, 3.05) is 19.8 Å². The molecule has 0 N–H and O–H groups in total. The Balaban J connectivity index is 2.18. The Hall–Kier alpha value is -0.940. The minimum atomic E-state index is -4.29.